The average molecular weight is 359 g/mol. The van der Waals surface area contributed by atoms with Crippen molar-refractivity contribution in [3.8, 4) is 0 Å². The van der Waals surface area contributed by atoms with Crippen LogP contribution in [0.15, 0.2) is 34.2 Å². The Kier molecular flexibility index (Phi) is 6.71. The van der Waals surface area contributed by atoms with Crippen molar-refractivity contribution in [3.05, 3.63) is 30.1 Å². The number of benzene rings is 1. The Morgan fingerprint density at radius 1 is 1.39 bits per heavy atom. The van der Waals surface area contributed by atoms with Gasteiger partial charge in [0.25, 0.3) is 0 Å². The predicted octanol–water partition coefficient (Wildman–Crippen LogP) is 1.66. The van der Waals surface area contributed by atoms with E-state index in [9.17, 15) is 12.8 Å². The van der Waals surface area contributed by atoms with Gasteiger partial charge in [-0.25, -0.2) is 12.8 Å². The van der Waals surface area contributed by atoms with Gasteiger partial charge >= 0.3 is 0 Å². The number of nitrogens with one attached hydrogen (secondary N) is 2. The lowest BCUT2D eigenvalue weighted by atomic mass is 10.3. The van der Waals surface area contributed by atoms with E-state index in [1.165, 1.54) is 12.1 Å². The Bertz CT molecular complexity index is 633. The molecule has 0 aliphatic carbocycles. The fourth-order valence-electron chi connectivity index (χ4n) is 2.27. The second-order valence-electron chi connectivity index (χ2n) is 5.31. The molecular formula is C15H22FN3O2S2. The number of hydrogen-bond donors (Lipinski definition) is 2. The van der Waals surface area contributed by atoms with Crippen LogP contribution in [0.4, 0.5) is 4.39 Å². The van der Waals surface area contributed by atoms with Crippen LogP contribution in [0.25, 0.3) is 0 Å². The number of nitrogens with zero attached hydrogens (tertiary/aromatic N) is 1. The highest BCUT2D eigenvalue weighted by atomic mass is 32.2. The number of thioether (sulfide) groups is 1. The third kappa shape index (κ3) is 6.39. The van der Waals surface area contributed by atoms with Gasteiger partial charge in [-0.3, -0.25) is 4.99 Å². The number of halogens is 1. The molecule has 23 heavy (non-hydrogen) atoms. The van der Waals surface area contributed by atoms with E-state index >= 15 is 0 Å². The zero-order valence-corrected chi connectivity index (χ0v) is 14.7. The van der Waals surface area contributed by atoms with Gasteiger partial charge in [-0.15, -0.1) is 11.8 Å². The standard InChI is InChI=1S/C15H22FN3O2S2/c1-2-17-15(19-13-7-10-23(20,21)11-13)18-8-9-22-14-5-3-12(16)4-6-14/h3-6,13H,2,7-11H2,1H3,(H2,17,18,19). The second-order valence-corrected chi connectivity index (χ2v) is 8.70. The highest BCUT2D eigenvalue weighted by Crippen LogP contribution is 2.17. The molecule has 0 radical (unpaired) electrons. The lowest BCUT2D eigenvalue weighted by Crippen LogP contribution is -2.44. The van der Waals surface area contributed by atoms with Crippen LogP contribution in [0, 0.1) is 5.82 Å². The summed E-state index contributed by atoms with van der Waals surface area (Å²) in [6.07, 6.45) is 0.622. The minimum Gasteiger partial charge on any atom is -0.357 e. The number of guanidine groups is 1. The largest absolute Gasteiger partial charge is 0.357 e. The Morgan fingerprint density at radius 2 is 2.13 bits per heavy atom. The third-order valence-corrected chi connectivity index (χ3v) is 6.12. The van der Waals surface area contributed by atoms with Gasteiger partial charge in [0.15, 0.2) is 15.8 Å². The van der Waals surface area contributed by atoms with E-state index in [4.69, 9.17) is 0 Å². The molecule has 0 bridgehead atoms. The summed E-state index contributed by atoms with van der Waals surface area (Å²) >= 11 is 1.61. The molecule has 2 rings (SSSR count). The van der Waals surface area contributed by atoms with Crippen molar-refractivity contribution in [2.75, 3.05) is 30.3 Å². The first-order valence-corrected chi connectivity index (χ1v) is 10.4. The molecule has 8 heteroatoms. The van der Waals surface area contributed by atoms with Crippen molar-refractivity contribution in [2.45, 2.75) is 24.3 Å². The molecule has 1 atom stereocenters. The fourth-order valence-corrected chi connectivity index (χ4v) is 4.69. The smallest absolute Gasteiger partial charge is 0.191 e. The highest BCUT2D eigenvalue weighted by Gasteiger charge is 2.28. The highest BCUT2D eigenvalue weighted by molar-refractivity contribution is 7.99. The van der Waals surface area contributed by atoms with Crippen LogP contribution < -0.4 is 10.6 Å². The van der Waals surface area contributed by atoms with Gasteiger partial charge in [-0.2, -0.15) is 0 Å². The Balaban J connectivity index is 1.80. The van der Waals surface area contributed by atoms with E-state index in [2.05, 4.69) is 15.6 Å². The van der Waals surface area contributed by atoms with Crippen LogP contribution in [0.1, 0.15) is 13.3 Å². The molecule has 0 aromatic heterocycles. The maximum absolute atomic E-state index is 12.8. The first-order chi connectivity index (χ1) is 11.0. The van der Waals surface area contributed by atoms with E-state index in [1.54, 1.807) is 23.9 Å². The maximum atomic E-state index is 12.8. The zero-order chi connectivity index (χ0) is 16.7. The topological polar surface area (TPSA) is 70.6 Å². The molecule has 1 aliphatic heterocycles. The van der Waals surface area contributed by atoms with E-state index < -0.39 is 9.84 Å². The molecule has 0 amide bonds. The summed E-state index contributed by atoms with van der Waals surface area (Å²) in [4.78, 5) is 5.46. The molecule has 5 nitrogen and oxygen atoms in total. The molecule has 1 aromatic rings. The predicted molar refractivity (Wildman–Crippen MR) is 93.3 cm³/mol. The summed E-state index contributed by atoms with van der Waals surface area (Å²) in [6.45, 7) is 3.28. The number of hydrogen-bond acceptors (Lipinski definition) is 4. The first kappa shape index (κ1) is 18.1. The van der Waals surface area contributed by atoms with Crippen molar-refractivity contribution < 1.29 is 12.8 Å². The number of aliphatic imine (C=N–C) groups is 1. The van der Waals surface area contributed by atoms with Gasteiger partial charge < -0.3 is 10.6 Å². The normalized spacial score (nSPS) is 20.4. The van der Waals surface area contributed by atoms with Crippen molar-refractivity contribution in [1.29, 1.82) is 0 Å². The molecule has 128 valence electrons. The van der Waals surface area contributed by atoms with Crippen molar-refractivity contribution >= 4 is 27.6 Å². The van der Waals surface area contributed by atoms with Crippen molar-refractivity contribution in [2.24, 2.45) is 4.99 Å². The molecule has 1 heterocycles. The van der Waals surface area contributed by atoms with E-state index in [-0.39, 0.29) is 23.4 Å². The summed E-state index contributed by atoms with van der Waals surface area (Å²) in [6, 6.07) is 6.31. The van der Waals surface area contributed by atoms with Crippen molar-refractivity contribution in [3.63, 3.8) is 0 Å². The first-order valence-electron chi connectivity index (χ1n) is 7.62. The van der Waals surface area contributed by atoms with Crippen LogP contribution >= 0.6 is 11.8 Å². The van der Waals surface area contributed by atoms with Crippen LogP contribution in [0.2, 0.25) is 0 Å². The summed E-state index contributed by atoms with van der Waals surface area (Å²) < 4.78 is 35.8. The Labute approximate surface area is 141 Å². The van der Waals surface area contributed by atoms with Crippen LogP contribution in [0.3, 0.4) is 0 Å². The minimum atomic E-state index is -2.90. The third-order valence-electron chi connectivity index (χ3n) is 3.36. The van der Waals surface area contributed by atoms with Gasteiger partial charge in [0.2, 0.25) is 0 Å². The summed E-state index contributed by atoms with van der Waals surface area (Å²) in [5.74, 6) is 1.59. The summed E-state index contributed by atoms with van der Waals surface area (Å²) in [5, 5.41) is 6.31. The van der Waals surface area contributed by atoms with Crippen molar-refractivity contribution in [1.82, 2.24) is 10.6 Å². The second kappa shape index (κ2) is 8.54. The molecule has 1 saturated heterocycles. The van der Waals surface area contributed by atoms with E-state index in [0.717, 1.165) is 17.2 Å². The molecule has 1 aliphatic rings. The molecule has 1 fully saturated rings. The quantitative estimate of drug-likeness (QED) is 0.350. The molecule has 1 unspecified atom stereocenters. The van der Waals surface area contributed by atoms with Gasteiger partial charge in [0, 0.05) is 23.2 Å². The van der Waals surface area contributed by atoms with Gasteiger partial charge in [0.1, 0.15) is 5.82 Å². The van der Waals surface area contributed by atoms with Crippen LogP contribution in [-0.4, -0.2) is 50.8 Å². The zero-order valence-electron chi connectivity index (χ0n) is 13.1. The van der Waals surface area contributed by atoms with Crippen LogP contribution in [0.5, 0.6) is 0 Å². The number of sulfone groups is 1. The lowest BCUT2D eigenvalue weighted by Gasteiger charge is -2.15. The van der Waals surface area contributed by atoms with E-state index in [0.29, 0.717) is 18.9 Å². The Hall–Kier alpha value is -1.28. The minimum absolute atomic E-state index is 0.0671. The fraction of sp³-hybridized carbons (Fsp3) is 0.533. The Morgan fingerprint density at radius 3 is 2.74 bits per heavy atom. The lowest BCUT2D eigenvalue weighted by molar-refractivity contribution is 0.599. The van der Waals surface area contributed by atoms with E-state index in [1.807, 2.05) is 6.92 Å². The monoisotopic (exact) mass is 359 g/mol. The SMILES string of the molecule is CCNC(=NCCSc1ccc(F)cc1)NC1CCS(=O)(=O)C1. The van der Waals surface area contributed by atoms with Crippen LogP contribution in [-0.2, 0) is 9.84 Å². The van der Waals surface area contributed by atoms with Gasteiger partial charge in [0.05, 0.1) is 18.1 Å². The molecule has 0 saturated carbocycles. The summed E-state index contributed by atoms with van der Waals surface area (Å²) in [7, 11) is -2.90. The molecule has 0 spiro atoms. The molecule has 1 aromatic carbocycles. The number of rotatable bonds is 6. The average Bonchev–Trinajstić information content (AvgIpc) is 2.84. The summed E-state index contributed by atoms with van der Waals surface area (Å²) in [5.41, 5.74) is 0. The van der Waals surface area contributed by atoms with Gasteiger partial charge in [-0.05, 0) is 37.6 Å². The molecular weight excluding hydrogens is 337 g/mol. The van der Waals surface area contributed by atoms with Gasteiger partial charge in [-0.1, -0.05) is 0 Å². The molecule has 2 N–H and O–H groups in total. The maximum Gasteiger partial charge on any atom is 0.191 e.